The Balaban J connectivity index is 1.17. The first kappa shape index (κ1) is 43.3. The number of aliphatic carboxylic acids is 1. The third-order valence-corrected chi connectivity index (χ3v) is 17.7. The summed E-state index contributed by atoms with van der Waals surface area (Å²) in [6.45, 7) is 12.6. The molecule has 0 aromatic rings. The predicted octanol–water partition coefficient (Wildman–Crippen LogP) is 1.24. The SMILES string of the molecule is C[C@H]1[C@H](C)CC[C@]2(C(=O)O[C@H]3O[C@@H](CO)[C@H](O)[C@@H](O)[C@@H]3O)CC[C@]3(C)C(=CC[C@@H]4[C@@]5(C)CC[C@H](O[C@H]6O[C@@H](C(=O)O)[C@H](O)[C@@H](O)[C@@H]6O)[C@@](C)(CO)[C@@H]5CC[C@]43C)[C@H]12. The van der Waals surface area contributed by atoms with E-state index in [9.17, 15) is 55.5 Å². The molecule has 0 aromatic carbocycles. The van der Waals surface area contributed by atoms with Crippen LogP contribution in [0.2, 0.25) is 0 Å². The predicted molar refractivity (Wildman–Crippen MR) is 199 cm³/mol. The molecule has 0 bridgehead atoms. The van der Waals surface area contributed by atoms with Gasteiger partial charge in [0.25, 0.3) is 0 Å². The molecule has 0 amide bonds. The molecule has 21 atom stereocenters. The van der Waals surface area contributed by atoms with Crippen molar-refractivity contribution in [2.75, 3.05) is 13.2 Å². The van der Waals surface area contributed by atoms with Gasteiger partial charge in [0.1, 0.15) is 42.7 Å². The van der Waals surface area contributed by atoms with Crippen LogP contribution < -0.4 is 0 Å². The van der Waals surface area contributed by atoms with Crippen LogP contribution in [0.15, 0.2) is 11.6 Å². The zero-order valence-electron chi connectivity index (χ0n) is 34.1. The lowest BCUT2D eigenvalue weighted by atomic mass is 9.33. The van der Waals surface area contributed by atoms with Crippen LogP contribution >= 0.6 is 0 Å². The van der Waals surface area contributed by atoms with Crippen molar-refractivity contribution in [3.8, 4) is 0 Å². The third kappa shape index (κ3) is 6.22. The van der Waals surface area contributed by atoms with Crippen molar-refractivity contribution in [3.63, 3.8) is 0 Å². The van der Waals surface area contributed by atoms with Gasteiger partial charge in [-0.15, -0.1) is 0 Å². The first-order chi connectivity index (χ1) is 26.7. The molecule has 6 fully saturated rings. The summed E-state index contributed by atoms with van der Waals surface area (Å²) in [5.74, 6) is -1.52. The number of esters is 1. The van der Waals surface area contributed by atoms with Gasteiger partial charge in [-0.25, -0.2) is 4.79 Å². The second-order valence-corrected chi connectivity index (χ2v) is 20.0. The Morgan fingerprint density at radius 1 is 0.772 bits per heavy atom. The zero-order valence-corrected chi connectivity index (χ0v) is 34.1. The highest BCUT2D eigenvalue weighted by Gasteiger charge is 2.71. The highest BCUT2D eigenvalue weighted by molar-refractivity contribution is 5.79. The molecule has 57 heavy (non-hydrogen) atoms. The number of allylic oxidation sites excluding steroid dienone is 2. The Hall–Kier alpha value is -1.76. The van der Waals surface area contributed by atoms with Crippen molar-refractivity contribution >= 4 is 11.9 Å². The number of fused-ring (bicyclic) bond motifs is 7. The van der Waals surface area contributed by atoms with E-state index in [0.29, 0.717) is 31.6 Å². The number of ether oxygens (including phenoxy) is 4. The normalized spacial score (nSPS) is 54.9. The maximum Gasteiger partial charge on any atom is 0.335 e. The van der Waals surface area contributed by atoms with Crippen LogP contribution in [0.4, 0.5) is 0 Å². The van der Waals surface area contributed by atoms with E-state index in [1.165, 1.54) is 5.57 Å². The molecule has 0 spiro atoms. The molecular formula is C42H66O15. The number of carbonyl (C=O) groups is 2. The smallest absolute Gasteiger partial charge is 0.335 e. The van der Waals surface area contributed by atoms with Gasteiger partial charge in [0.05, 0.1) is 24.7 Å². The average molecular weight is 811 g/mol. The molecule has 5 aliphatic carbocycles. The van der Waals surface area contributed by atoms with E-state index in [-0.39, 0.29) is 46.5 Å². The van der Waals surface area contributed by atoms with Crippen LogP contribution in [0.1, 0.15) is 99.3 Å². The van der Waals surface area contributed by atoms with Crippen LogP contribution in [0.5, 0.6) is 0 Å². The topological polar surface area (TPSA) is 253 Å². The second-order valence-electron chi connectivity index (χ2n) is 20.0. The molecule has 324 valence electrons. The summed E-state index contributed by atoms with van der Waals surface area (Å²) in [6, 6.07) is 0. The summed E-state index contributed by atoms with van der Waals surface area (Å²) < 4.78 is 23.4. The lowest BCUT2D eigenvalue weighted by Gasteiger charge is -2.71. The molecule has 7 rings (SSSR count). The monoisotopic (exact) mass is 810 g/mol. The first-order valence-corrected chi connectivity index (χ1v) is 21.1. The maximum atomic E-state index is 14.6. The maximum absolute atomic E-state index is 14.6. The molecule has 0 unspecified atom stereocenters. The average Bonchev–Trinajstić information content (AvgIpc) is 3.17. The summed E-state index contributed by atoms with van der Waals surface area (Å²) in [5.41, 5.74) is -1.21. The number of hydrogen-bond acceptors (Lipinski definition) is 14. The Kier molecular flexibility index (Phi) is 11.4. The fourth-order valence-corrected chi connectivity index (χ4v) is 13.8. The summed E-state index contributed by atoms with van der Waals surface area (Å²) in [7, 11) is 0. The summed E-state index contributed by atoms with van der Waals surface area (Å²) in [5, 5.41) is 93.7. The van der Waals surface area contributed by atoms with Gasteiger partial charge in [0.15, 0.2) is 12.4 Å². The highest BCUT2D eigenvalue weighted by Crippen LogP contribution is 2.76. The number of hydrogen-bond donors (Lipinski definition) is 9. The molecular weight excluding hydrogens is 744 g/mol. The molecule has 4 saturated carbocycles. The van der Waals surface area contributed by atoms with Gasteiger partial charge in [0.2, 0.25) is 6.29 Å². The molecule has 0 aromatic heterocycles. The summed E-state index contributed by atoms with van der Waals surface area (Å²) in [4.78, 5) is 26.4. The van der Waals surface area contributed by atoms with E-state index in [0.717, 1.165) is 32.1 Å². The number of aliphatic hydroxyl groups is 8. The van der Waals surface area contributed by atoms with Gasteiger partial charge in [0, 0.05) is 5.41 Å². The fraction of sp³-hybridized carbons (Fsp3) is 0.905. The fourth-order valence-electron chi connectivity index (χ4n) is 13.8. The molecule has 2 saturated heterocycles. The van der Waals surface area contributed by atoms with Gasteiger partial charge in [-0.1, -0.05) is 53.2 Å². The minimum absolute atomic E-state index is 0.0262. The van der Waals surface area contributed by atoms with E-state index < -0.39 is 96.9 Å². The van der Waals surface area contributed by atoms with Gasteiger partial charge >= 0.3 is 11.9 Å². The quantitative estimate of drug-likeness (QED) is 0.0997. The Labute approximate surface area is 334 Å². The molecule has 2 heterocycles. The van der Waals surface area contributed by atoms with Gasteiger partial charge in [-0.3, -0.25) is 4.79 Å². The molecule has 15 heteroatoms. The van der Waals surface area contributed by atoms with Crippen LogP contribution in [0.25, 0.3) is 0 Å². The van der Waals surface area contributed by atoms with Crippen molar-refractivity contribution in [2.45, 2.75) is 167 Å². The van der Waals surface area contributed by atoms with Crippen LogP contribution in [-0.4, -0.2) is 139 Å². The minimum atomic E-state index is -1.84. The minimum Gasteiger partial charge on any atom is -0.479 e. The van der Waals surface area contributed by atoms with Gasteiger partial charge in [-0.2, -0.15) is 0 Å². The molecule has 9 N–H and O–H groups in total. The lowest BCUT2D eigenvalue weighted by Crippen LogP contribution is -2.67. The number of aliphatic hydroxyl groups excluding tert-OH is 8. The van der Waals surface area contributed by atoms with E-state index >= 15 is 0 Å². The standard InChI is InChI=1S/C42H66O15/c1-19-9-14-42(37(53)57-35-31(49)28(46)27(45)22(17-43)54-35)16-15-40(5)21(26(42)20(19)2)7-8-24-38(3)12-11-25(39(4,18-44)23(38)10-13-41(24,40)6)55-36-32(50)29(47)30(48)33(56-36)34(51)52/h7,19-20,22-33,35-36,43-50H,8-18H2,1-6H3,(H,51,52)/t19-,20+,22+,23-,24-,25+,26+,27+,28-,29-,30-,31+,32+,33-,35-,36+,38+,39+,40-,41-,42+/m1/s1. The first-order valence-electron chi connectivity index (χ1n) is 21.1. The van der Waals surface area contributed by atoms with Crippen molar-refractivity contribution in [1.29, 1.82) is 0 Å². The van der Waals surface area contributed by atoms with Gasteiger partial charge < -0.3 is 64.9 Å². The van der Waals surface area contributed by atoms with E-state index in [1.807, 2.05) is 6.92 Å². The molecule has 7 aliphatic rings. The zero-order chi connectivity index (χ0) is 41.8. The molecule has 0 radical (unpaired) electrons. The van der Waals surface area contributed by atoms with Crippen molar-refractivity contribution in [3.05, 3.63) is 11.6 Å². The largest absolute Gasteiger partial charge is 0.479 e. The van der Waals surface area contributed by atoms with Crippen molar-refractivity contribution in [1.82, 2.24) is 0 Å². The Morgan fingerprint density at radius 3 is 2.09 bits per heavy atom. The number of rotatable bonds is 7. The van der Waals surface area contributed by atoms with E-state index in [2.05, 4.69) is 40.7 Å². The lowest BCUT2D eigenvalue weighted by molar-refractivity contribution is -0.327. The van der Waals surface area contributed by atoms with Crippen LogP contribution in [0, 0.1) is 56.7 Å². The van der Waals surface area contributed by atoms with Crippen molar-refractivity contribution in [2.24, 2.45) is 56.7 Å². The molecule has 2 aliphatic heterocycles. The second kappa shape index (κ2) is 15.0. The van der Waals surface area contributed by atoms with E-state index in [4.69, 9.17) is 18.9 Å². The van der Waals surface area contributed by atoms with E-state index in [1.54, 1.807) is 0 Å². The van der Waals surface area contributed by atoms with Crippen LogP contribution in [0.3, 0.4) is 0 Å². The highest BCUT2D eigenvalue weighted by atomic mass is 16.7. The van der Waals surface area contributed by atoms with Crippen LogP contribution in [-0.2, 0) is 28.5 Å². The summed E-state index contributed by atoms with van der Waals surface area (Å²) in [6.07, 6.45) is -8.34. The third-order valence-electron chi connectivity index (χ3n) is 17.7. The Morgan fingerprint density at radius 2 is 1.44 bits per heavy atom. The Bertz CT molecular complexity index is 1570. The van der Waals surface area contributed by atoms with Gasteiger partial charge in [-0.05, 0) is 104 Å². The molecule has 15 nitrogen and oxygen atoms in total. The van der Waals surface area contributed by atoms with Crippen molar-refractivity contribution < 1.29 is 74.5 Å². The number of carboxylic acid groups (broad SMARTS) is 1. The number of carbonyl (C=O) groups excluding carboxylic acids is 1. The summed E-state index contributed by atoms with van der Waals surface area (Å²) >= 11 is 0. The number of carboxylic acids is 1.